The lowest BCUT2D eigenvalue weighted by Crippen LogP contribution is -2.27. The Labute approximate surface area is 97.8 Å². The van der Waals surface area contributed by atoms with Crippen molar-refractivity contribution >= 4 is 34.3 Å². The number of carbonyl (C=O) groups is 1. The Hall–Kier alpha value is -1.55. The molecule has 0 bridgehead atoms. The van der Waals surface area contributed by atoms with Crippen molar-refractivity contribution in [1.29, 1.82) is 0 Å². The molecular weight excluding hydrogens is 228 g/mol. The Kier molecular flexibility index (Phi) is 2.83. The topological polar surface area (TPSA) is 46.3 Å². The van der Waals surface area contributed by atoms with Crippen LogP contribution >= 0.6 is 11.6 Å². The second kappa shape index (κ2) is 4.14. The van der Waals surface area contributed by atoms with Gasteiger partial charge in [0, 0.05) is 19.7 Å². The minimum absolute atomic E-state index is 0.0353. The lowest BCUT2D eigenvalue weighted by Gasteiger charge is -2.15. The Morgan fingerprint density at radius 2 is 2.31 bits per heavy atom. The lowest BCUT2D eigenvalue weighted by atomic mass is 10.2. The van der Waals surface area contributed by atoms with Crippen molar-refractivity contribution in [2.75, 3.05) is 17.8 Å². The Bertz CT molecular complexity index is 536. The maximum Gasteiger partial charge on any atom is 0.241 e. The Balaban J connectivity index is 2.42. The summed E-state index contributed by atoms with van der Waals surface area (Å²) in [5.41, 5.74) is 2.21. The minimum atomic E-state index is -0.152. The molecule has 0 aliphatic heterocycles. The average Bonchev–Trinajstić information content (AvgIpc) is 2.65. The van der Waals surface area contributed by atoms with E-state index in [0.29, 0.717) is 11.5 Å². The molecule has 1 aromatic carbocycles. The normalized spacial score (nSPS) is 10.7. The summed E-state index contributed by atoms with van der Waals surface area (Å²) in [7, 11) is 1.68. The number of nitrogens with zero attached hydrogens (tertiary/aromatic N) is 2. The molecule has 0 saturated heterocycles. The highest BCUT2D eigenvalue weighted by Crippen LogP contribution is 2.21. The van der Waals surface area contributed by atoms with Gasteiger partial charge in [0.2, 0.25) is 5.91 Å². The van der Waals surface area contributed by atoms with Gasteiger partial charge in [-0.05, 0) is 18.2 Å². The number of rotatable bonds is 2. The third-order valence-corrected chi connectivity index (χ3v) is 2.58. The van der Waals surface area contributed by atoms with E-state index in [-0.39, 0.29) is 11.8 Å². The second-order valence-corrected chi connectivity index (χ2v) is 3.74. The first kappa shape index (κ1) is 11.0. The molecule has 0 aliphatic rings. The number of benzene rings is 1. The first-order chi connectivity index (χ1) is 7.61. The van der Waals surface area contributed by atoms with Gasteiger partial charge in [-0.3, -0.25) is 4.79 Å². The summed E-state index contributed by atoms with van der Waals surface area (Å²) in [6.07, 6.45) is 0. The van der Waals surface area contributed by atoms with Crippen LogP contribution in [0.1, 0.15) is 5.89 Å². The summed E-state index contributed by atoms with van der Waals surface area (Å²) >= 11 is 5.49. The zero-order chi connectivity index (χ0) is 11.7. The van der Waals surface area contributed by atoms with Crippen LogP contribution in [0.25, 0.3) is 11.1 Å². The molecule has 2 aromatic rings. The van der Waals surface area contributed by atoms with Crippen molar-refractivity contribution in [3.63, 3.8) is 0 Å². The number of oxazole rings is 1. The van der Waals surface area contributed by atoms with Crippen molar-refractivity contribution in [1.82, 2.24) is 4.98 Å². The van der Waals surface area contributed by atoms with Gasteiger partial charge in [0.25, 0.3) is 0 Å². The van der Waals surface area contributed by atoms with E-state index < -0.39 is 0 Å². The molecule has 0 saturated carbocycles. The maximum atomic E-state index is 11.4. The summed E-state index contributed by atoms with van der Waals surface area (Å²) in [6, 6.07) is 5.40. The number of alkyl halides is 1. The number of aryl methyl sites for hydroxylation is 1. The number of halogens is 1. The van der Waals surface area contributed by atoms with Gasteiger partial charge in [-0.2, -0.15) is 0 Å². The van der Waals surface area contributed by atoms with Gasteiger partial charge in [-0.25, -0.2) is 4.98 Å². The molecule has 0 atom stereocenters. The number of hydrogen-bond donors (Lipinski definition) is 0. The van der Waals surface area contributed by atoms with Crippen molar-refractivity contribution < 1.29 is 9.21 Å². The second-order valence-electron chi connectivity index (χ2n) is 3.47. The van der Waals surface area contributed by atoms with E-state index >= 15 is 0 Å². The Morgan fingerprint density at radius 1 is 1.56 bits per heavy atom. The molecule has 16 heavy (non-hydrogen) atoms. The highest BCUT2D eigenvalue weighted by molar-refractivity contribution is 6.29. The molecule has 2 rings (SSSR count). The van der Waals surface area contributed by atoms with E-state index in [4.69, 9.17) is 16.0 Å². The van der Waals surface area contributed by atoms with Gasteiger partial charge in [-0.15, -0.1) is 11.6 Å². The fourth-order valence-corrected chi connectivity index (χ4v) is 1.65. The predicted octanol–water partition coefficient (Wildman–Crippen LogP) is 2.34. The molecule has 5 heteroatoms. The van der Waals surface area contributed by atoms with Crippen LogP contribution in [0.15, 0.2) is 22.6 Å². The Morgan fingerprint density at radius 3 is 3.00 bits per heavy atom. The molecule has 1 amide bonds. The van der Waals surface area contributed by atoms with E-state index in [2.05, 4.69) is 4.98 Å². The average molecular weight is 239 g/mol. The standard InChI is InChI=1S/C11H11ClN2O2/c1-7-13-9-5-8(3-4-10(9)16-7)14(2)11(15)6-12/h3-5H,6H2,1-2H3. The predicted molar refractivity (Wildman–Crippen MR) is 62.9 cm³/mol. The molecule has 1 aromatic heterocycles. The van der Waals surface area contributed by atoms with E-state index in [0.717, 1.165) is 11.2 Å². The largest absolute Gasteiger partial charge is 0.441 e. The third-order valence-electron chi connectivity index (χ3n) is 2.35. The summed E-state index contributed by atoms with van der Waals surface area (Å²) in [6.45, 7) is 1.79. The molecule has 1 heterocycles. The number of aromatic nitrogens is 1. The fraction of sp³-hybridized carbons (Fsp3) is 0.273. The third kappa shape index (κ3) is 1.88. The van der Waals surface area contributed by atoms with Crippen molar-refractivity contribution in [2.45, 2.75) is 6.92 Å². The molecule has 0 unspecified atom stereocenters. The van der Waals surface area contributed by atoms with Crippen LogP contribution < -0.4 is 4.90 Å². The maximum absolute atomic E-state index is 11.4. The smallest absolute Gasteiger partial charge is 0.241 e. The van der Waals surface area contributed by atoms with E-state index in [1.165, 1.54) is 4.90 Å². The molecule has 0 fully saturated rings. The number of amides is 1. The van der Waals surface area contributed by atoms with E-state index in [1.807, 2.05) is 0 Å². The van der Waals surface area contributed by atoms with Crippen molar-refractivity contribution in [2.24, 2.45) is 0 Å². The zero-order valence-corrected chi connectivity index (χ0v) is 9.78. The molecule has 4 nitrogen and oxygen atoms in total. The summed E-state index contributed by atoms with van der Waals surface area (Å²) in [5, 5.41) is 0. The van der Waals surface area contributed by atoms with Crippen LogP contribution in [-0.4, -0.2) is 23.8 Å². The van der Waals surface area contributed by atoms with Gasteiger partial charge in [0.15, 0.2) is 11.5 Å². The molecule has 0 aliphatic carbocycles. The number of carbonyl (C=O) groups excluding carboxylic acids is 1. The first-order valence-corrected chi connectivity index (χ1v) is 5.35. The van der Waals surface area contributed by atoms with Crippen LogP contribution in [0.4, 0.5) is 5.69 Å². The van der Waals surface area contributed by atoms with Crippen LogP contribution in [0, 0.1) is 6.92 Å². The molecule has 84 valence electrons. The number of anilines is 1. The lowest BCUT2D eigenvalue weighted by molar-refractivity contribution is -0.116. The van der Waals surface area contributed by atoms with Gasteiger partial charge in [0.1, 0.15) is 11.4 Å². The zero-order valence-electron chi connectivity index (χ0n) is 9.03. The van der Waals surface area contributed by atoms with Gasteiger partial charge < -0.3 is 9.32 Å². The SMILES string of the molecule is Cc1nc2cc(N(C)C(=O)CCl)ccc2o1. The van der Waals surface area contributed by atoms with E-state index in [1.54, 1.807) is 32.2 Å². The van der Waals surface area contributed by atoms with Crippen LogP contribution in [0.2, 0.25) is 0 Å². The first-order valence-electron chi connectivity index (χ1n) is 4.81. The van der Waals surface area contributed by atoms with Crippen LogP contribution in [0.3, 0.4) is 0 Å². The van der Waals surface area contributed by atoms with Crippen molar-refractivity contribution in [3.05, 3.63) is 24.1 Å². The summed E-state index contributed by atoms with van der Waals surface area (Å²) in [4.78, 5) is 17.1. The molecule has 0 N–H and O–H groups in total. The molecule has 0 radical (unpaired) electrons. The highest BCUT2D eigenvalue weighted by Gasteiger charge is 2.11. The van der Waals surface area contributed by atoms with Gasteiger partial charge in [-0.1, -0.05) is 0 Å². The summed E-state index contributed by atoms with van der Waals surface area (Å²) in [5.74, 6) is 0.423. The molecular formula is C11H11ClN2O2. The van der Waals surface area contributed by atoms with Crippen molar-refractivity contribution in [3.8, 4) is 0 Å². The van der Waals surface area contributed by atoms with Crippen LogP contribution in [0.5, 0.6) is 0 Å². The quantitative estimate of drug-likeness (QED) is 0.755. The summed E-state index contributed by atoms with van der Waals surface area (Å²) < 4.78 is 5.35. The highest BCUT2D eigenvalue weighted by atomic mass is 35.5. The minimum Gasteiger partial charge on any atom is -0.441 e. The van der Waals surface area contributed by atoms with Crippen LogP contribution in [-0.2, 0) is 4.79 Å². The monoisotopic (exact) mass is 238 g/mol. The van der Waals surface area contributed by atoms with E-state index in [9.17, 15) is 4.79 Å². The van der Waals surface area contributed by atoms with Gasteiger partial charge in [0.05, 0.1) is 0 Å². The van der Waals surface area contributed by atoms with Gasteiger partial charge >= 0.3 is 0 Å². The fourth-order valence-electron chi connectivity index (χ4n) is 1.47. The number of fused-ring (bicyclic) bond motifs is 1. The number of hydrogen-bond acceptors (Lipinski definition) is 3. The molecule has 0 spiro atoms.